The lowest BCUT2D eigenvalue weighted by Crippen LogP contribution is -2.31. The molecule has 0 unspecified atom stereocenters. The van der Waals surface area contributed by atoms with Gasteiger partial charge in [-0.3, -0.25) is 4.90 Å². The summed E-state index contributed by atoms with van der Waals surface area (Å²) < 4.78 is 0. The molecule has 0 N–H and O–H groups in total. The fourth-order valence-corrected chi connectivity index (χ4v) is 1.66. The average Bonchev–Trinajstić information content (AvgIpc) is 2.34. The van der Waals surface area contributed by atoms with Crippen molar-refractivity contribution in [3.05, 3.63) is 0 Å². The summed E-state index contributed by atoms with van der Waals surface area (Å²) in [5, 5.41) is 0. The van der Waals surface area contributed by atoms with Gasteiger partial charge in [0.15, 0.2) is 0 Å². The van der Waals surface area contributed by atoms with Gasteiger partial charge in [-0.25, -0.2) is 0 Å². The van der Waals surface area contributed by atoms with Crippen LogP contribution in [0.5, 0.6) is 0 Å². The highest BCUT2D eigenvalue weighted by Gasteiger charge is 2.21. The second-order valence-corrected chi connectivity index (χ2v) is 3.70. The van der Waals surface area contributed by atoms with E-state index in [0.29, 0.717) is 6.04 Å². The van der Waals surface area contributed by atoms with Crippen LogP contribution in [0.4, 0.5) is 0 Å². The minimum Gasteiger partial charge on any atom is -0.299 e. The molecule has 2 heteroatoms. The van der Waals surface area contributed by atoms with Gasteiger partial charge in [0.1, 0.15) is 0 Å². The van der Waals surface area contributed by atoms with Crippen molar-refractivity contribution in [3.8, 4) is 0 Å². The van der Waals surface area contributed by atoms with Gasteiger partial charge in [-0.05, 0) is 25.8 Å². The monoisotopic (exact) mass is 161 g/mol. The largest absolute Gasteiger partial charge is 0.299 e. The van der Waals surface area contributed by atoms with E-state index in [-0.39, 0.29) is 0 Å². The van der Waals surface area contributed by atoms with E-state index in [4.69, 9.17) is 11.6 Å². The van der Waals surface area contributed by atoms with Crippen LogP contribution < -0.4 is 0 Å². The number of hydrogen-bond acceptors (Lipinski definition) is 1. The van der Waals surface area contributed by atoms with Crippen molar-refractivity contribution >= 4 is 11.6 Å². The lowest BCUT2D eigenvalue weighted by molar-refractivity contribution is 0.270. The summed E-state index contributed by atoms with van der Waals surface area (Å²) in [6.45, 7) is 6.99. The molecule has 0 bridgehead atoms. The third-order valence-corrected chi connectivity index (χ3v) is 2.75. The molecule has 1 aliphatic heterocycles. The summed E-state index contributed by atoms with van der Waals surface area (Å²) in [5.41, 5.74) is 0. The van der Waals surface area contributed by atoms with E-state index in [9.17, 15) is 0 Å². The Morgan fingerprint density at radius 2 is 2.40 bits per heavy atom. The molecule has 0 aromatic rings. The van der Waals surface area contributed by atoms with Gasteiger partial charge in [-0.15, -0.1) is 11.6 Å². The maximum absolute atomic E-state index is 5.74. The molecule has 0 aromatic heterocycles. The first kappa shape index (κ1) is 8.35. The van der Waals surface area contributed by atoms with Crippen LogP contribution >= 0.6 is 11.6 Å². The van der Waals surface area contributed by atoms with Gasteiger partial charge in [0.05, 0.1) is 0 Å². The highest BCUT2D eigenvalue weighted by atomic mass is 35.5. The minimum atomic E-state index is 0.576. The zero-order chi connectivity index (χ0) is 7.56. The summed E-state index contributed by atoms with van der Waals surface area (Å²) in [4.78, 5) is 2.47. The zero-order valence-corrected chi connectivity index (χ0v) is 7.56. The van der Waals surface area contributed by atoms with Crippen molar-refractivity contribution in [3.63, 3.8) is 0 Å². The summed E-state index contributed by atoms with van der Waals surface area (Å²) in [6, 6.07) is 0.576. The Morgan fingerprint density at radius 1 is 1.70 bits per heavy atom. The molecule has 10 heavy (non-hydrogen) atoms. The SMILES string of the molecule is C[C@@H]1CCN([C@@H](C)CCl)C1. The molecule has 1 nitrogen and oxygen atoms in total. The lowest BCUT2D eigenvalue weighted by Gasteiger charge is -2.21. The maximum Gasteiger partial charge on any atom is 0.0376 e. The van der Waals surface area contributed by atoms with Crippen molar-refractivity contribution in [2.75, 3.05) is 19.0 Å². The summed E-state index contributed by atoms with van der Waals surface area (Å²) in [6.07, 6.45) is 1.35. The van der Waals surface area contributed by atoms with E-state index in [1.165, 1.54) is 19.5 Å². The Labute approximate surface area is 68.4 Å². The second kappa shape index (κ2) is 3.59. The minimum absolute atomic E-state index is 0.576. The Bertz CT molecular complexity index is 105. The second-order valence-electron chi connectivity index (χ2n) is 3.39. The van der Waals surface area contributed by atoms with Crippen molar-refractivity contribution in [1.29, 1.82) is 0 Å². The van der Waals surface area contributed by atoms with Crippen LogP contribution in [0.2, 0.25) is 0 Å². The van der Waals surface area contributed by atoms with Crippen LogP contribution in [0.1, 0.15) is 20.3 Å². The number of rotatable bonds is 2. The molecule has 0 radical (unpaired) electrons. The normalized spacial score (nSPS) is 30.9. The van der Waals surface area contributed by atoms with E-state index in [0.717, 1.165) is 11.8 Å². The van der Waals surface area contributed by atoms with E-state index in [1.807, 2.05) is 0 Å². The first-order valence-electron chi connectivity index (χ1n) is 4.04. The number of nitrogens with zero attached hydrogens (tertiary/aromatic N) is 1. The topological polar surface area (TPSA) is 3.24 Å². The fourth-order valence-electron chi connectivity index (χ4n) is 1.47. The van der Waals surface area contributed by atoms with Crippen molar-refractivity contribution in [1.82, 2.24) is 4.90 Å². The Balaban J connectivity index is 2.29. The molecular weight excluding hydrogens is 146 g/mol. The summed E-state index contributed by atoms with van der Waals surface area (Å²) in [5.74, 6) is 1.65. The van der Waals surface area contributed by atoms with Gasteiger partial charge in [-0.2, -0.15) is 0 Å². The number of hydrogen-bond donors (Lipinski definition) is 0. The van der Waals surface area contributed by atoms with Crippen molar-refractivity contribution < 1.29 is 0 Å². The Hall–Kier alpha value is 0.250. The van der Waals surface area contributed by atoms with Gasteiger partial charge in [0, 0.05) is 18.5 Å². The molecule has 1 fully saturated rings. The summed E-state index contributed by atoms with van der Waals surface area (Å²) >= 11 is 5.74. The highest BCUT2D eigenvalue weighted by molar-refractivity contribution is 6.18. The van der Waals surface area contributed by atoms with E-state index in [2.05, 4.69) is 18.7 Å². The van der Waals surface area contributed by atoms with Gasteiger partial charge >= 0.3 is 0 Å². The number of alkyl halides is 1. The summed E-state index contributed by atoms with van der Waals surface area (Å²) in [7, 11) is 0. The molecule has 1 saturated heterocycles. The third-order valence-electron chi connectivity index (χ3n) is 2.30. The lowest BCUT2D eigenvalue weighted by atomic mass is 10.2. The van der Waals surface area contributed by atoms with Crippen LogP contribution in [0.15, 0.2) is 0 Å². The molecule has 60 valence electrons. The van der Waals surface area contributed by atoms with Crippen LogP contribution in [-0.2, 0) is 0 Å². The molecule has 0 spiro atoms. The smallest absolute Gasteiger partial charge is 0.0376 e. The molecular formula is C8H16ClN. The average molecular weight is 162 g/mol. The van der Waals surface area contributed by atoms with Gasteiger partial charge in [-0.1, -0.05) is 6.92 Å². The van der Waals surface area contributed by atoms with Crippen LogP contribution in [0.3, 0.4) is 0 Å². The molecule has 0 amide bonds. The number of halogens is 1. The van der Waals surface area contributed by atoms with E-state index in [1.54, 1.807) is 0 Å². The van der Waals surface area contributed by atoms with Crippen LogP contribution in [-0.4, -0.2) is 29.9 Å². The van der Waals surface area contributed by atoms with Gasteiger partial charge < -0.3 is 0 Å². The van der Waals surface area contributed by atoms with Crippen molar-refractivity contribution in [2.45, 2.75) is 26.3 Å². The molecule has 1 heterocycles. The molecule has 1 rings (SSSR count). The van der Waals surface area contributed by atoms with Crippen LogP contribution in [0.25, 0.3) is 0 Å². The Kier molecular flexibility index (Phi) is 2.99. The van der Waals surface area contributed by atoms with Crippen LogP contribution in [0, 0.1) is 5.92 Å². The molecule has 2 atom stereocenters. The maximum atomic E-state index is 5.74. The zero-order valence-electron chi connectivity index (χ0n) is 6.81. The van der Waals surface area contributed by atoms with Gasteiger partial charge in [0.2, 0.25) is 0 Å². The fraction of sp³-hybridized carbons (Fsp3) is 1.00. The molecule has 0 aliphatic carbocycles. The quantitative estimate of drug-likeness (QED) is 0.560. The highest BCUT2D eigenvalue weighted by Crippen LogP contribution is 2.17. The molecule has 0 aromatic carbocycles. The number of likely N-dealkylation sites (tertiary alicyclic amines) is 1. The Morgan fingerprint density at radius 3 is 2.80 bits per heavy atom. The first-order chi connectivity index (χ1) is 4.74. The third kappa shape index (κ3) is 1.86. The van der Waals surface area contributed by atoms with E-state index >= 15 is 0 Å². The molecule has 0 saturated carbocycles. The molecule has 1 aliphatic rings. The van der Waals surface area contributed by atoms with Crippen molar-refractivity contribution in [2.24, 2.45) is 5.92 Å². The standard InChI is InChI=1S/C8H16ClN/c1-7-3-4-10(6-7)8(2)5-9/h7-8H,3-6H2,1-2H3/t7-,8+/m1/s1. The predicted octanol–water partition coefficient (Wildman–Crippen LogP) is 1.96. The predicted molar refractivity (Wildman–Crippen MR) is 45.5 cm³/mol. The van der Waals surface area contributed by atoms with E-state index < -0.39 is 0 Å². The van der Waals surface area contributed by atoms with Gasteiger partial charge in [0.25, 0.3) is 0 Å². The first-order valence-corrected chi connectivity index (χ1v) is 4.57.